The van der Waals surface area contributed by atoms with Gasteiger partial charge in [-0.15, -0.1) is 11.8 Å². The summed E-state index contributed by atoms with van der Waals surface area (Å²) in [6, 6.07) is 9.64. The second-order valence-electron chi connectivity index (χ2n) is 5.57. The van der Waals surface area contributed by atoms with Crippen LogP contribution >= 0.6 is 23.4 Å². The largest absolute Gasteiger partial charge is 0.381 e. The van der Waals surface area contributed by atoms with E-state index in [1.165, 1.54) is 18.7 Å². The first-order chi connectivity index (χ1) is 12.0. The highest BCUT2D eigenvalue weighted by Gasteiger charge is 2.33. The van der Waals surface area contributed by atoms with Crippen LogP contribution in [0.25, 0.3) is 0 Å². The lowest BCUT2D eigenvalue weighted by atomic mass is 9.81. The van der Waals surface area contributed by atoms with E-state index in [9.17, 15) is 10.1 Å². The van der Waals surface area contributed by atoms with Gasteiger partial charge in [0.25, 0.3) is 0 Å². The molecule has 4 nitrogen and oxygen atoms in total. The molecule has 132 valence electrons. The van der Waals surface area contributed by atoms with Gasteiger partial charge in [-0.25, -0.2) is 0 Å². The number of nitrogens with zero attached hydrogens (tertiary/aromatic N) is 1. The Labute approximate surface area is 157 Å². The van der Waals surface area contributed by atoms with Gasteiger partial charge in [0, 0.05) is 28.7 Å². The van der Waals surface area contributed by atoms with Gasteiger partial charge in [0.1, 0.15) is 0 Å². The zero-order valence-corrected chi connectivity index (χ0v) is 16.1. The number of ketones is 1. The van der Waals surface area contributed by atoms with E-state index in [4.69, 9.17) is 16.3 Å². The maximum atomic E-state index is 12.3. The van der Waals surface area contributed by atoms with E-state index in [0.717, 1.165) is 22.0 Å². The fourth-order valence-corrected chi connectivity index (χ4v) is 4.05. The molecule has 1 N–H and O–H groups in total. The van der Waals surface area contributed by atoms with Crippen LogP contribution in [0.3, 0.4) is 0 Å². The molecule has 0 saturated heterocycles. The Morgan fingerprint density at radius 2 is 2.16 bits per heavy atom. The summed E-state index contributed by atoms with van der Waals surface area (Å²) in [7, 11) is 0. The molecule has 1 heterocycles. The predicted molar refractivity (Wildman–Crippen MR) is 102 cm³/mol. The summed E-state index contributed by atoms with van der Waals surface area (Å²) in [5.41, 5.74) is 2.63. The standard InChI is InChI=1S/C19H21ClN2O2S/c1-4-24-9-10-25-19-15(11-21)18(14-7-5-6-8-16(14)20)17(13(3)23)12(2)22-19/h5-8,18,22H,4,9-10H2,1-3H3/t18-/m1/s1. The first-order valence-electron chi connectivity index (χ1n) is 8.09. The predicted octanol–water partition coefficient (Wildman–Crippen LogP) is 4.39. The molecule has 0 fully saturated rings. The Morgan fingerprint density at radius 3 is 2.76 bits per heavy atom. The molecule has 0 amide bonds. The number of dihydropyridines is 1. The highest BCUT2D eigenvalue weighted by molar-refractivity contribution is 8.03. The summed E-state index contributed by atoms with van der Waals surface area (Å²) >= 11 is 7.90. The molecular weight excluding hydrogens is 356 g/mol. The van der Waals surface area contributed by atoms with Crippen LogP contribution in [0.5, 0.6) is 0 Å². The number of benzene rings is 1. The molecule has 0 radical (unpaired) electrons. The molecule has 6 heteroatoms. The molecule has 1 aromatic carbocycles. The molecule has 1 aliphatic rings. The van der Waals surface area contributed by atoms with E-state index in [1.807, 2.05) is 32.0 Å². The smallest absolute Gasteiger partial charge is 0.158 e. The van der Waals surface area contributed by atoms with Crippen LogP contribution in [0.15, 0.2) is 46.1 Å². The highest BCUT2D eigenvalue weighted by Crippen LogP contribution is 2.42. The van der Waals surface area contributed by atoms with Crippen molar-refractivity contribution in [3.8, 4) is 6.07 Å². The highest BCUT2D eigenvalue weighted by atomic mass is 35.5. The number of carbonyl (C=O) groups excluding carboxylic acids is 1. The first-order valence-corrected chi connectivity index (χ1v) is 9.45. The number of hydrogen-bond acceptors (Lipinski definition) is 5. The number of nitrogens with one attached hydrogen (secondary N) is 1. The summed E-state index contributed by atoms with van der Waals surface area (Å²) in [5.74, 6) is 0.201. The Kier molecular flexibility index (Phi) is 7.12. The van der Waals surface area contributed by atoms with Crippen molar-refractivity contribution in [2.75, 3.05) is 19.0 Å². The van der Waals surface area contributed by atoms with Gasteiger partial charge in [0.15, 0.2) is 5.78 Å². The van der Waals surface area contributed by atoms with Crippen molar-refractivity contribution in [2.45, 2.75) is 26.7 Å². The van der Waals surface area contributed by atoms with Gasteiger partial charge < -0.3 is 10.1 Å². The zero-order chi connectivity index (χ0) is 18.4. The molecular formula is C19H21ClN2O2S. The first kappa shape index (κ1) is 19.6. The Balaban J connectivity index is 2.48. The number of halogens is 1. The van der Waals surface area contributed by atoms with Crippen LogP contribution in [0.2, 0.25) is 5.02 Å². The molecule has 0 aromatic heterocycles. The maximum absolute atomic E-state index is 12.3. The summed E-state index contributed by atoms with van der Waals surface area (Å²) in [6.07, 6.45) is 0. The fourth-order valence-electron chi connectivity index (χ4n) is 2.86. The number of ether oxygens (including phenoxy) is 1. The number of rotatable bonds is 7. The Morgan fingerprint density at radius 1 is 1.44 bits per heavy atom. The molecule has 0 aliphatic carbocycles. The lowest BCUT2D eigenvalue weighted by Crippen LogP contribution is -2.27. The number of carbonyl (C=O) groups is 1. The third kappa shape index (κ3) is 4.46. The van der Waals surface area contributed by atoms with Gasteiger partial charge in [0.2, 0.25) is 0 Å². The van der Waals surface area contributed by atoms with Crippen LogP contribution in [-0.4, -0.2) is 24.7 Å². The SMILES string of the molecule is CCOCCSC1=C(C#N)[C@@H](c2ccccc2Cl)C(C(C)=O)=C(C)N1. The second kappa shape index (κ2) is 9.10. The number of hydrogen-bond donors (Lipinski definition) is 1. The summed E-state index contributed by atoms with van der Waals surface area (Å²) in [5, 5.41) is 14.3. The van der Waals surface area contributed by atoms with Crippen LogP contribution in [0, 0.1) is 11.3 Å². The molecule has 2 rings (SSSR count). The molecule has 0 spiro atoms. The van der Waals surface area contributed by atoms with Crippen molar-refractivity contribution in [3.63, 3.8) is 0 Å². The lowest BCUT2D eigenvalue weighted by molar-refractivity contribution is -0.113. The summed E-state index contributed by atoms with van der Waals surface area (Å²) in [6.45, 7) is 6.59. The number of Topliss-reactive ketones (excluding diaryl/α,β-unsaturated/α-hetero) is 1. The normalized spacial score (nSPS) is 17.3. The maximum Gasteiger partial charge on any atom is 0.158 e. The topological polar surface area (TPSA) is 62.1 Å². The molecule has 1 atom stereocenters. The second-order valence-corrected chi connectivity index (χ2v) is 7.09. The van der Waals surface area contributed by atoms with E-state index in [-0.39, 0.29) is 5.78 Å². The van der Waals surface area contributed by atoms with Gasteiger partial charge in [-0.05, 0) is 32.4 Å². The van der Waals surface area contributed by atoms with Crippen molar-refractivity contribution in [1.29, 1.82) is 5.26 Å². The fraction of sp³-hybridized carbons (Fsp3) is 0.368. The quantitative estimate of drug-likeness (QED) is 0.715. The van der Waals surface area contributed by atoms with Crippen molar-refractivity contribution in [1.82, 2.24) is 5.32 Å². The number of allylic oxidation sites excluding steroid dienone is 3. The van der Waals surface area contributed by atoms with E-state index >= 15 is 0 Å². The van der Waals surface area contributed by atoms with E-state index in [0.29, 0.717) is 29.4 Å². The lowest BCUT2D eigenvalue weighted by Gasteiger charge is -2.29. The van der Waals surface area contributed by atoms with Crippen LogP contribution in [0.4, 0.5) is 0 Å². The minimum absolute atomic E-state index is 0.0685. The molecule has 1 aromatic rings. The van der Waals surface area contributed by atoms with E-state index < -0.39 is 5.92 Å². The van der Waals surface area contributed by atoms with Gasteiger partial charge in [-0.1, -0.05) is 29.8 Å². The van der Waals surface area contributed by atoms with Crippen LogP contribution < -0.4 is 5.32 Å². The Bertz CT molecular complexity index is 765. The van der Waals surface area contributed by atoms with Crippen molar-refractivity contribution in [2.24, 2.45) is 0 Å². The zero-order valence-electron chi connectivity index (χ0n) is 14.6. The Hall–Kier alpha value is -1.74. The van der Waals surface area contributed by atoms with Crippen LogP contribution in [0.1, 0.15) is 32.3 Å². The van der Waals surface area contributed by atoms with Gasteiger partial charge in [-0.2, -0.15) is 5.26 Å². The minimum Gasteiger partial charge on any atom is -0.381 e. The van der Waals surface area contributed by atoms with Crippen molar-refractivity contribution in [3.05, 3.63) is 56.7 Å². The van der Waals surface area contributed by atoms with Crippen molar-refractivity contribution >= 4 is 29.1 Å². The monoisotopic (exact) mass is 376 g/mol. The van der Waals surface area contributed by atoms with Crippen molar-refractivity contribution < 1.29 is 9.53 Å². The number of thioether (sulfide) groups is 1. The van der Waals surface area contributed by atoms with Gasteiger partial charge in [-0.3, -0.25) is 4.79 Å². The van der Waals surface area contributed by atoms with E-state index in [2.05, 4.69) is 11.4 Å². The third-order valence-electron chi connectivity index (χ3n) is 3.92. The average Bonchev–Trinajstić information content (AvgIpc) is 2.58. The molecule has 0 saturated carbocycles. The van der Waals surface area contributed by atoms with Gasteiger partial charge in [0.05, 0.1) is 29.2 Å². The average molecular weight is 377 g/mol. The third-order valence-corrected chi connectivity index (χ3v) is 5.25. The summed E-state index contributed by atoms with van der Waals surface area (Å²) < 4.78 is 5.37. The summed E-state index contributed by atoms with van der Waals surface area (Å²) in [4.78, 5) is 12.3. The number of nitriles is 1. The van der Waals surface area contributed by atoms with E-state index in [1.54, 1.807) is 6.07 Å². The molecule has 25 heavy (non-hydrogen) atoms. The van der Waals surface area contributed by atoms with Crippen LogP contribution in [-0.2, 0) is 9.53 Å². The molecule has 1 aliphatic heterocycles. The minimum atomic E-state index is -0.452. The molecule has 0 bridgehead atoms. The molecule has 0 unspecified atom stereocenters. The van der Waals surface area contributed by atoms with Gasteiger partial charge >= 0.3 is 0 Å².